The topological polar surface area (TPSA) is 125 Å². The van der Waals surface area contributed by atoms with Crippen LogP contribution in [0.4, 0.5) is 15.5 Å². The van der Waals surface area contributed by atoms with Gasteiger partial charge in [-0.2, -0.15) is 0 Å². The van der Waals surface area contributed by atoms with E-state index < -0.39 is 35.3 Å². The number of hydrogen-bond acceptors (Lipinski definition) is 9. The summed E-state index contributed by atoms with van der Waals surface area (Å²) in [6.45, 7) is 11.9. The summed E-state index contributed by atoms with van der Waals surface area (Å²) in [6, 6.07) is 0. The molecule has 0 bridgehead atoms. The third-order valence-electron chi connectivity index (χ3n) is 4.37. The maximum absolute atomic E-state index is 12.6. The van der Waals surface area contributed by atoms with Crippen molar-refractivity contribution in [3.8, 4) is 0 Å². The number of carboxylic acids is 1. The van der Waals surface area contributed by atoms with Gasteiger partial charge in [-0.05, 0) is 67.5 Å². The molecule has 2 amide bonds. The van der Waals surface area contributed by atoms with Gasteiger partial charge in [-0.3, -0.25) is 4.90 Å². The summed E-state index contributed by atoms with van der Waals surface area (Å²) in [7, 11) is 0. The zero-order chi connectivity index (χ0) is 23.4. The Hall–Kier alpha value is -2.15. The predicted octanol–water partition coefficient (Wildman–Crippen LogP) is -0.881. The molecule has 11 heteroatoms. The first-order valence-electron chi connectivity index (χ1n) is 10.3. The number of aromatic nitrogens is 2. The minimum atomic E-state index is -1.00. The number of carboxylic acid groups (broad SMARTS) is 1. The summed E-state index contributed by atoms with van der Waals surface area (Å²) < 4.78 is 10.6. The van der Waals surface area contributed by atoms with Crippen molar-refractivity contribution in [2.75, 3.05) is 18.0 Å². The van der Waals surface area contributed by atoms with E-state index in [9.17, 15) is 19.5 Å². The SMILES string of the molecule is CC(C)(C)OC(=O)N(C(=O)OC(C)(C)C)c1ncc(CN2CCC(C(=O)[O-])CC2)cn1.[Li+]. The molecule has 1 saturated heterocycles. The van der Waals surface area contributed by atoms with Gasteiger partial charge in [0.2, 0.25) is 5.95 Å². The molecule has 32 heavy (non-hydrogen) atoms. The van der Waals surface area contributed by atoms with Gasteiger partial charge in [0, 0.05) is 36.4 Å². The third kappa shape index (κ3) is 8.77. The van der Waals surface area contributed by atoms with Crippen molar-refractivity contribution in [2.24, 2.45) is 5.92 Å². The molecule has 0 aliphatic carbocycles. The fourth-order valence-electron chi connectivity index (χ4n) is 2.98. The molecule has 10 nitrogen and oxygen atoms in total. The Balaban J connectivity index is 0.00000512. The molecular formula is C21H31LiN4O6. The molecular weight excluding hydrogens is 411 g/mol. The Bertz CT molecular complexity index is 768. The summed E-state index contributed by atoms with van der Waals surface area (Å²) in [5.41, 5.74) is -0.881. The van der Waals surface area contributed by atoms with Gasteiger partial charge in [-0.25, -0.2) is 19.6 Å². The summed E-state index contributed by atoms with van der Waals surface area (Å²) >= 11 is 0. The van der Waals surface area contributed by atoms with Gasteiger partial charge in [-0.1, -0.05) is 0 Å². The van der Waals surface area contributed by atoms with Crippen molar-refractivity contribution < 1.29 is 47.8 Å². The van der Waals surface area contributed by atoms with Crippen LogP contribution >= 0.6 is 0 Å². The zero-order valence-electron chi connectivity index (χ0n) is 20.0. The van der Waals surface area contributed by atoms with Gasteiger partial charge in [0.15, 0.2) is 0 Å². The summed E-state index contributed by atoms with van der Waals surface area (Å²) in [6.07, 6.45) is 2.25. The first-order chi connectivity index (χ1) is 14.2. The van der Waals surface area contributed by atoms with Crippen LogP contribution in [0, 0.1) is 5.92 Å². The Morgan fingerprint density at radius 3 is 1.81 bits per heavy atom. The second kappa shape index (κ2) is 11.1. The van der Waals surface area contributed by atoms with Crippen LogP contribution < -0.4 is 28.9 Å². The smallest absolute Gasteiger partial charge is 0.550 e. The maximum Gasteiger partial charge on any atom is 1.00 e. The van der Waals surface area contributed by atoms with E-state index in [0.29, 0.717) is 37.4 Å². The molecule has 1 fully saturated rings. The number of aliphatic carboxylic acids is 1. The van der Waals surface area contributed by atoms with Crippen LogP contribution in [0.1, 0.15) is 59.9 Å². The van der Waals surface area contributed by atoms with E-state index in [1.165, 1.54) is 12.4 Å². The van der Waals surface area contributed by atoms with Gasteiger partial charge in [0.05, 0.1) is 0 Å². The Morgan fingerprint density at radius 1 is 1.00 bits per heavy atom. The maximum atomic E-state index is 12.6. The molecule has 0 aromatic carbocycles. The number of carbonyl (C=O) groups is 3. The fourth-order valence-corrected chi connectivity index (χ4v) is 2.98. The summed E-state index contributed by atoms with van der Waals surface area (Å²) in [4.78, 5) is 47.4. The molecule has 0 N–H and O–H groups in total. The number of imide groups is 1. The molecule has 1 aliphatic rings. The minimum Gasteiger partial charge on any atom is -0.550 e. The van der Waals surface area contributed by atoms with E-state index in [4.69, 9.17) is 9.47 Å². The second-order valence-corrected chi connectivity index (χ2v) is 9.56. The number of amides is 2. The largest absolute Gasteiger partial charge is 1.00 e. The van der Waals surface area contributed by atoms with Gasteiger partial charge < -0.3 is 19.4 Å². The number of likely N-dealkylation sites (tertiary alicyclic amines) is 1. The van der Waals surface area contributed by atoms with Crippen molar-refractivity contribution in [3.63, 3.8) is 0 Å². The van der Waals surface area contributed by atoms with Crippen LogP contribution in [-0.2, 0) is 20.8 Å². The number of piperidine rings is 1. The van der Waals surface area contributed by atoms with Crippen molar-refractivity contribution in [3.05, 3.63) is 18.0 Å². The summed E-state index contributed by atoms with van der Waals surface area (Å²) in [5, 5.41) is 11.0. The molecule has 1 aromatic heterocycles. The van der Waals surface area contributed by atoms with E-state index in [0.717, 1.165) is 5.56 Å². The monoisotopic (exact) mass is 442 g/mol. The summed E-state index contributed by atoms with van der Waals surface area (Å²) in [5.74, 6) is -1.56. The van der Waals surface area contributed by atoms with Gasteiger partial charge >= 0.3 is 31.0 Å². The first kappa shape index (κ1) is 27.9. The number of carbonyl (C=O) groups excluding carboxylic acids is 3. The fraction of sp³-hybridized carbons (Fsp3) is 0.667. The van der Waals surface area contributed by atoms with Crippen molar-refractivity contribution in [2.45, 2.75) is 72.1 Å². The van der Waals surface area contributed by atoms with Crippen molar-refractivity contribution in [1.82, 2.24) is 14.9 Å². The van der Waals surface area contributed by atoms with E-state index in [-0.39, 0.29) is 24.8 Å². The third-order valence-corrected chi connectivity index (χ3v) is 4.37. The van der Waals surface area contributed by atoms with Crippen LogP contribution in [0.15, 0.2) is 12.4 Å². The quantitative estimate of drug-likeness (QED) is 0.547. The predicted molar refractivity (Wildman–Crippen MR) is 110 cm³/mol. The van der Waals surface area contributed by atoms with Crippen molar-refractivity contribution >= 4 is 24.1 Å². The van der Waals surface area contributed by atoms with Crippen LogP contribution in [0.2, 0.25) is 0 Å². The molecule has 2 rings (SSSR count). The van der Waals surface area contributed by atoms with E-state index in [1.54, 1.807) is 41.5 Å². The zero-order valence-corrected chi connectivity index (χ0v) is 20.0. The average Bonchev–Trinajstić information content (AvgIpc) is 2.60. The van der Waals surface area contributed by atoms with Crippen LogP contribution in [0.25, 0.3) is 0 Å². The molecule has 172 valence electrons. The normalized spacial score (nSPS) is 15.4. The van der Waals surface area contributed by atoms with Crippen LogP contribution in [0.5, 0.6) is 0 Å². The second-order valence-electron chi connectivity index (χ2n) is 9.56. The van der Waals surface area contributed by atoms with E-state index >= 15 is 0 Å². The van der Waals surface area contributed by atoms with Crippen LogP contribution in [-0.4, -0.2) is 57.3 Å². The number of anilines is 1. The Morgan fingerprint density at radius 2 is 1.44 bits per heavy atom. The number of rotatable bonds is 4. The molecule has 1 aromatic rings. The first-order valence-corrected chi connectivity index (χ1v) is 10.3. The van der Waals surface area contributed by atoms with Crippen molar-refractivity contribution in [1.29, 1.82) is 0 Å². The number of ether oxygens (including phenoxy) is 2. The van der Waals surface area contributed by atoms with Gasteiger partial charge in [0.1, 0.15) is 11.2 Å². The standard InChI is InChI=1S/C21H32N4O6.Li/c1-20(2,3)30-18(28)25(19(29)31-21(4,5)6)17-22-11-14(12-23-17)13-24-9-7-15(8-10-24)16(26)27;/h11-12,15H,7-10,13H2,1-6H3,(H,26,27);/q;+1/p-1. The number of nitrogens with zero attached hydrogens (tertiary/aromatic N) is 4. The molecule has 0 unspecified atom stereocenters. The van der Waals surface area contributed by atoms with Crippen LogP contribution in [0.3, 0.4) is 0 Å². The van der Waals surface area contributed by atoms with Gasteiger partial charge in [0.25, 0.3) is 0 Å². The number of hydrogen-bond donors (Lipinski definition) is 0. The Kier molecular flexibility index (Phi) is 9.69. The van der Waals surface area contributed by atoms with E-state index in [2.05, 4.69) is 14.9 Å². The molecule has 0 radical (unpaired) electrons. The minimum absolute atomic E-state index is 0. The van der Waals surface area contributed by atoms with Gasteiger partial charge in [-0.15, -0.1) is 4.90 Å². The molecule has 0 spiro atoms. The van der Waals surface area contributed by atoms with E-state index in [1.807, 2.05) is 0 Å². The Labute approximate surface area is 200 Å². The molecule has 1 aliphatic heterocycles. The molecule has 2 heterocycles. The average molecular weight is 442 g/mol. The molecule has 0 saturated carbocycles. The molecule has 0 atom stereocenters.